The number of nitrogens with one attached hydrogen (secondary N) is 1. The number of hydrogen-bond acceptors (Lipinski definition) is 7. The van der Waals surface area contributed by atoms with Crippen LogP contribution in [0.2, 0.25) is 0 Å². The van der Waals surface area contributed by atoms with Crippen molar-refractivity contribution in [3.05, 3.63) is 24.7 Å². The summed E-state index contributed by atoms with van der Waals surface area (Å²) >= 11 is 0. The molecule has 3 aromatic heterocycles. The molecule has 3 aromatic rings. The molecule has 0 aromatic carbocycles. The van der Waals surface area contributed by atoms with Crippen molar-refractivity contribution in [2.45, 2.75) is 6.42 Å². The predicted octanol–water partition coefficient (Wildman–Crippen LogP) is 1.61. The summed E-state index contributed by atoms with van der Waals surface area (Å²) < 4.78 is 12.7. The Morgan fingerprint density at radius 3 is 2.57 bits per heavy atom. The minimum atomic E-state index is -0.135. The van der Waals surface area contributed by atoms with Gasteiger partial charge in [-0.2, -0.15) is 0 Å². The van der Waals surface area contributed by atoms with Gasteiger partial charge in [-0.25, -0.2) is 15.0 Å². The van der Waals surface area contributed by atoms with Crippen molar-refractivity contribution in [1.82, 2.24) is 19.5 Å². The standard InChI is InChI=1S/C19H21N5O4/c1-24-13(16-18(27-2)21-9-22-19(16)28-3)5-10-6-15(20-7-14(10)24)23-17(26)12-4-11(12)8-25/h5-7,9,11-12,25H,4,8H2,1-3H3,(H,20,23,26)/t11-,12+/m1/s1. The number of pyridine rings is 1. The lowest BCUT2D eigenvalue weighted by molar-refractivity contribution is -0.117. The number of carbonyl (C=O) groups is 1. The molecule has 28 heavy (non-hydrogen) atoms. The van der Waals surface area contributed by atoms with Crippen molar-refractivity contribution in [2.75, 3.05) is 26.1 Å². The van der Waals surface area contributed by atoms with E-state index in [0.717, 1.165) is 16.6 Å². The highest BCUT2D eigenvalue weighted by molar-refractivity contribution is 5.96. The molecule has 0 radical (unpaired) electrons. The van der Waals surface area contributed by atoms with Crippen molar-refractivity contribution in [3.63, 3.8) is 0 Å². The maximum atomic E-state index is 12.2. The first-order chi connectivity index (χ1) is 13.6. The number of methoxy groups -OCH3 is 2. The van der Waals surface area contributed by atoms with Crippen LogP contribution in [0, 0.1) is 11.8 Å². The van der Waals surface area contributed by atoms with Crippen LogP contribution in [-0.2, 0) is 11.8 Å². The van der Waals surface area contributed by atoms with Crippen LogP contribution >= 0.6 is 0 Å². The number of aryl methyl sites for hydroxylation is 1. The smallest absolute Gasteiger partial charge is 0.229 e. The van der Waals surface area contributed by atoms with Gasteiger partial charge in [0.2, 0.25) is 17.7 Å². The molecule has 0 spiro atoms. The Morgan fingerprint density at radius 2 is 1.96 bits per heavy atom. The maximum Gasteiger partial charge on any atom is 0.229 e. The summed E-state index contributed by atoms with van der Waals surface area (Å²) in [6.45, 7) is 0.0371. The number of nitrogens with zero attached hydrogens (tertiary/aromatic N) is 4. The van der Waals surface area contributed by atoms with Crippen LogP contribution < -0.4 is 14.8 Å². The Hall–Kier alpha value is -3.20. The molecule has 2 N–H and O–H groups in total. The molecule has 1 saturated carbocycles. The Morgan fingerprint density at radius 1 is 1.25 bits per heavy atom. The molecule has 9 nitrogen and oxygen atoms in total. The van der Waals surface area contributed by atoms with Crippen molar-refractivity contribution < 1.29 is 19.4 Å². The SMILES string of the molecule is COc1ncnc(OC)c1-c1cc2cc(NC(=O)[C@H]3C[C@@H]3CO)ncc2n1C. The van der Waals surface area contributed by atoms with Crippen LogP contribution in [0.4, 0.5) is 5.82 Å². The normalized spacial score (nSPS) is 18.1. The minimum Gasteiger partial charge on any atom is -0.480 e. The van der Waals surface area contributed by atoms with Gasteiger partial charge in [0.15, 0.2) is 0 Å². The lowest BCUT2D eigenvalue weighted by Crippen LogP contribution is -2.16. The van der Waals surface area contributed by atoms with E-state index in [-0.39, 0.29) is 24.3 Å². The third kappa shape index (κ3) is 3.03. The largest absolute Gasteiger partial charge is 0.480 e. The van der Waals surface area contributed by atoms with Crippen LogP contribution in [0.1, 0.15) is 6.42 Å². The van der Waals surface area contributed by atoms with E-state index in [1.807, 2.05) is 23.7 Å². The van der Waals surface area contributed by atoms with Crippen LogP contribution in [0.25, 0.3) is 22.2 Å². The molecule has 1 amide bonds. The molecule has 0 saturated heterocycles. The second kappa shape index (κ2) is 7.08. The minimum absolute atomic E-state index is 0.0371. The zero-order chi connectivity index (χ0) is 19.8. The van der Waals surface area contributed by atoms with E-state index in [1.54, 1.807) is 20.4 Å². The van der Waals surface area contributed by atoms with Crippen molar-refractivity contribution in [1.29, 1.82) is 0 Å². The summed E-state index contributed by atoms with van der Waals surface area (Å²) in [7, 11) is 4.99. The first-order valence-corrected chi connectivity index (χ1v) is 8.88. The van der Waals surface area contributed by atoms with Gasteiger partial charge in [0, 0.05) is 25.0 Å². The Balaban J connectivity index is 1.71. The lowest BCUT2D eigenvalue weighted by atomic mass is 10.2. The summed E-state index contributed by atoms with van der Waals surface area (Å²) in [5, 5.41) is 12.9. The lowest BCUT2D eigenvalue weighted by Gasteiger charge is -2.11. The first-order valence-electron chi connectivity index (χ1n) is 8.88. The van der Waals surface area contributed by atoms with Gasteiger partial charge in [-0.1, -0.05) is 0 Å². The highest BCUT2D eigenvalue weighted by Gasteiger charge is 2.42. The molecule has 3 heterocycles. The summed E-state index contributed by atoms with van der Waals surface area (Å²) in [5.41, 5.74) is 2.32. The zero-order valence-electron chi connectivity index (χ0n) is 15.8. The van der Waals surface area contributed by atoms with E-state index >= 15 is 0 Å². The molecule has 1 aliphatic rings. The van der Waals surface area contributed by atoms with Gasteiger partial charge in [0.1, 0.15) is 17.7 Å². The first kappa shape index (κ1) is 18.2. The maximum absolute atomic E-state index is 12.2. The number of rotatable bonds is 6. The topological polar surface area (TPSA) is 111 Å². The van der Waals surface area contributed by atoms with Crippen molar-refractivity contribution >= 4 is 22.6 Å². The summed E-state index contributed by atoms with van der Waals surface area (Å²) in [4.78, 5) is 24.9. The van der Waals surface area contributed by atoms with Crippen LogP contribution in [0.3, 0.4) is 0 Å². The molecule has 1 aliphatic carbocycles. The monoisotopic (exact) mass is 383 g/mol. The van der Waals surface area contributed by atoms with Gasteiger partial charge in [-0.05, 0) is 24.5 Å². The molecule has 0 aliphatic heterocycles. The fraction of sp³-hybridized carbons (Fsp3) is 0.368. The second-order valence-electron chi connectivity index (χ2n) is 6.76. The zero-order valence-corrected chi connectivity index (χ0v) is 15.8. The van der Waals surface area contributed by atoms with Gasteiger partial charge in [-0.15, -0.1) is 0 Å². The molecule has 1 fully saturated rings. The molecule has 2 atom stereocenters. The van der Waals surface area contributed by atoms with Gasteiger partial charge in [-0.3, -0.25) is 4.79 Å². The number of aliphatic hydroxyl groups is 1. The van der Waals surface area contributed by atoms with E-state index in [0.29, 0.717) is 29.6 Å². The van der Waals surface area contributed by atoms with E-state index < -0.39 is 0 Å². The highest BCUT2D eigenvalue weighted by Crippen LogP contribution is 2.39. The number of ether oxygens (including phenoxy) is 2. The number of anilines is 1. The van der Waals surface area contributed by atoms with Gasteiger partial charge in [0.05, 0.1) is 31.6 Å². The van der Waals surface area contributed by atoms with E-state index in [1.165, 1.54) is 6.33 Å². The highest BCUT2D eigenvalue weighted by atomic mass is 16.5. The molecular weight excluding hydrogens is 362 g/mol. The third-order valence-corrected chi connectivity index (χ3v) is 5.09. The second-order valence-corrected chi connectivity index (χ2v) is 6.76. The van der Waals surface area contributed by atoms with Gasteiger partial charge in [0.25, 0.3) is 0 Å². The summed E-state index contributed by atoms with van der Waals surface area (Å²) in [6, 6.07) is 3.76. The third-order valence-electron chi connectivity index (χ3n) is 5.09. The van der Waals surface area contributed by atoms with Crippen molar-refractivity contribution in [2.24, 2.45) is 18.9 Å². The Bertz CT molecular complexity index is 1030. The molecular formula is C19H21N5O4. The molecule has 0 unspecified atom stereocenters. The number of fused-ring (bicyclic) bond motifs is 1. The summed E-state index contributed by atoms with van der Waals surface area (Å²) in [6.07, 6.45) is 3.80. The molecule has 9 heteroatoms. The van der Waals surface area contributed by atoms with Crippen LogP contribution in [-0.4, -0.2) is 51.4 Å². The fourth-order valence-corrected chi connectivity index (χ4v) is 3.41. The van der Waals surface area contributed by atoms with Crippen LogP contribution in [0.15, 0.2) is 24.7 Å². The Labute approximate surface area is 161 Å². The fourth-order valence-electron chi connectivity index (χ4n) is 3.41. The Kier molecular flexibility index (Phi) is 4.60. The predicted molar refractivity (Wildman–Crippen MR) is 102 cm³/mol. The quantitative estimate of drug-likeness (QED) is 0.665. The average molecular weight is 383 g/mol. The molecule has 4 rings (SSSR count). The van der Waals surface area contributed by atoms with Crippen LogP contribution in [0.5, 0.6) is 11.8 Å². The van der Waals surface area contributed by atoms with E-state index in [4.69, 9.17) is 14.6 Å². The number of carbonyl (C=O) groups excluding carboxylic acids is 1. The molecule has 0 bridgehead atoms. The van der Waals surface area contributed by atoms with E-state index in [9.17, 15) is 4.79 Å². The summed E-state index contributed by atoms with van der Waals surface area (Å²) in [5.74, 6) is 1.10. The van der Waals surface area contributed by atoms with Crippen molar-refractivity contribution in [3.8, 4) is 23.0 Å². The van der Waals surface area contributed by atoms with Gasteiger partial charge >= 0.3 is 0 Å². The number of amides is 1. The number of aromatic nitrogens is 4. The average Bonchev–Trinajstić information content (AvgIpc) is 3.45. The molecule has 146 valence electrons. The van der Waals surface area contributed by atoms with E-state index in [2.05, 4.69) is 20.3 Å². The number of aliphatic hydroxyl groups excluding tert-OH is 1. The van der Waals surface area contributed by atoms with Gasteiger partial charge < -0.3 is 24.5 Å². The number of hydrogen-bond donors (Lipinski definition) is 2.